The quantitative estimate of drug-likeness (QED) is 0.624. The highest BCUT2D eigenvalue weighted by atomic mass is 16.5. The molecule has 0 N–H and O–H groups in total. The summed E-state index contributed by atoms with van der Waals surface area (Å²) in [7, 11) is 0. The van der Waals surface area contributed by atoms with E-state index < -0.39 is 0 Å². The Morgan fingerprint density at radius 1 is 0.704 bits per heavy atom. The molecule has 27 heavy (non-hydrogen) atoms. The molecular formula is C24H30O3. The lowest BCUT2D eigenvalue weighted by Crippen LogP contribution is -2.43. The van der Waals surface area contributed by atoms with Crippen LogP contribution in [0.3, 0.4) is 0 Å². The van der Waals surface area contributed by atoms with Crippen molar-refractivity contribution >= 4 is 0 Å². The number of ether oxygens (including phenoxy) is 3. The zero-order valence-corrected chi connectivity index (χ0v) is 16.5. The second-order valence-electron chi connectivity index (χ2n) is 8.36. The van der Waals surface area contributed by atoms with Gasteiger partial charge in [-0.2, -0.15) is 0 Å². The molecule has 0 aromatic heterocycles. The number of benzene rings is 2. The van der Waals surface area contributed by atoms with Gasteiger partial charge in [0.2, 0.25) is 0 Å². The van der Waals surface area contributed by atoms with Gasteiger partial charge in [-0.25, -0.2) is 0 Å². The first-order valence-electron chi connectivity index (χ1n) is 10.2. The van der Waals surface area contributed by atoms with Crippen LogP contribution in [0, 0.1) is 10.8 Å². The van der Waals surface area contributed by atoms with Gasteiger partial charge in [-0.3, -0.25) is 0 Å². The van der Waals surface area contributed by atoms with Crippen molar-refractivity contribution in [3.63, 3.8) is 0 Å². The largest absolute Gasteiger partial charge is 0.457 e. The maximum Gasteiger partial charge on any atom is 0.130 e. The maximum absolute atomic E-state index is 6.48. The lowest BCUT2D eigenvalue weighted by atomic mass is 9.77. The second kappa shape index (κ2) is 7.65. The third-order valence-corrected chi connectivity index (χ3v) is 6.43. The molecule has 0 unspecified atom stereocenters. The Bertz CT molecular complexity index is 698. The molecule has 144 valence electrons. The van der Waals surface area contributed by atoms with E-state index in [0.29, 0.717) is 0 Å². The number of para-hydroxylation sites is 2. The summed E-state index contributed by atoms with van der Waals surface area (Å²) in [6.45, 7) is 7.93. The van der Waals surface area contributed by atoms with Crippen molar-refractivity contribution in [2.45, 2.75) is 39.5 Å². The summed E-state index contributed by atoms with van der Waals surface area (Å²) in [4.78, 5) is 0. The molecule has 0 atom stereocenters. The fourth-order valence-electron chi connectivity index (χ4n) is 4.07. The van der Waals surface area contributed by atoms with Crippen LogP contribution in [0.25, 0.3) is 0 Å². The summed E-state index contributed by atoms with van der Waals surface area (Å²) in [5.41, 5.74) is 3.09. The van der Waals surface area contributed by atoms with E-state index >= 15 is 0 Å². The molecule has 2 aliphatic heterocycles. The van der Waals surface area contributed by atoms with E-state index in [2.05, 4.69) is 62.4 Å². The van der Waals surface area contributed by atoms with Gasteiger partial charge >= 0.3 is 0 Å². The molecule has 2 aromatic carbocycles. The predicted molar refractivity (Wildman–Crippen MR) is 107 cm³/mol. The average molecular weight is 367 g/mol. The Kier molecular flexibility index (Phi) is 5.25. The van der Waals surface area contributed by atoms with Crippen molar-refractivity contribution in [3.8, 4) is 11.5 Å². The molecule has 2 fully saturated rings. The lowest BCUT2D eigenvalue weighted by Gasteiger charge is -2.41. The van der Waals surface area contributed by atoms with Gasteiger partial charge in [0.25, 0.3) is 0 Å². The Labute approximate surface area is 162 Å². The van der Waals surface area contributed by atoms with Gasteiger partial charge in [0.15, 0.2) is 0 Å². The molecule has 4 rings (SSSR count). The van der Waals surface area contributed by atoms with E-state index in [4.69, 9.17) is 14.2 Å². The van der Waals surface area contributed by atoms with Gasteiger partial charge in [-0.1, -0.05) is 50.2 Å². The van der Waals surface area contributed by atoms with E-state index in [1.807, 2.05) is 0 Å². The van der Waals surface area contributed by atoms with E-state index in [-0.39, 0.29) is 10.8 Å². The SMILES string of the molecule is CCC1(Cc2ccccc2Oc2ccccc2CC2(CC)COC2)COC1. The minimum atomic E-state index is 0.272. The van der Waals surface area contributed by atoms with Crippen molar-refractivity contribution in [2.24, 2.45) is 10.8 Å². The molecule has 0 saturated carbocycles. The fourth-order valence-corrected chi connectivity index (χ4v) is 4.07. The van der Waals surface area contributed by atoms with Crippen LogP contribution >= 0.6 is 0 Å². The normalized spacial score (nSPS) is 19.8. The Balaban J connectivity index is 1.56. The molecule has 0 amide bonds. The highest BCUT2D eigenvalue weighted by Crippen LogP contribution is 2.41. The summed E-state index contributed by atoms with van der Waals surface area (Å²) in [6.07, 6.45) is 4.29. The van der Waals surface area contributed by atoms with Crippen LogP contribution in [0.4, 0.5) is 0 Å². The van der Waals surface area contributed by atoms with Crippen molar-refractivity contribution in [1.82, 2.24) is 0 Å². The van der Waals surface area contributed by atoms with Gasteiger partial charge in [-0.15, -0.1) is 0 Å². The van der Waals surface area contributed by atoms with Gasteiger partial charge in [0, 0.05) is 10.8 Å². The van der Waals surface area contributed by atoms with Crippen LogP contribution in [0.1, 0.15) is 37.8 Å². The predicted octanol–water partition coefficient (Wildman–Crippen LogP) is 5.42. The topological polar surface area (TPSA) is 27.7 Å². The van der Waals surface area contributed by atoms with Crippen LogP contribution in [0.15, 0.2) is 48.5 Å². The fraction of sp³-hybridized carbons (Fsp3) is 0.500. The van der Waals surface area contributed by atoms with E-state index in [0.717, 1.165) is 63.6 Å². The first-order chi connectivity index (χ1) is 13.2. The van der Waals surface area contributed by atoms with Crippen LogP contribution in [0.2, 0.25) is 0 Å². The standard InChI is InChI=1S/C24H30O3/c1-3-23(15-25-16-23)13-19-9-5-7-11-21(19)27-22-12-8-6-10-20(22)14-24(4-2)17-26-18-24/h5-12H,3-4,13-18H2,1-2H3. The summed E-state index contributed by atoms with van der Waals surface area (Å²) in [6, 6.07) is 16.9. The second-order valence-corrected chi connectivity index (χ2v) is 8.36. The molecule has 2 aliphatic rings. The van der Waals surface area contributed by atoms with E-state index in [9.17, 15) is 0 Å². The van der Waals surface area contributed by atoms with Gasteiger partial charge in [-0.05, 0) is 48.9 Å². The summed E-state index contributed by atoms with van der Waals surface area (Å²) in [5, 5.41) is 0. The molecule has 0 radical (unpaired) electrons. The first-order valence-corrected chi connectivity index (χ1v) is 10.2. The zero-order valence-electron chi connectivity index (χ0n) is 16.5. The summed E-state index contributed by atoms with van der Waals surface area (Å²) >= 11 is 0. The molecular weight excluding hydrogens is 336 g/mol. The van der Waals surface area contributed by atoms with Crippen molar-refractivity contribution in [1.29, 1.82) is 0 Å². The van der Waals surface area contributed by atoms with Crippen LogP contribution in [-0.4, -0.2) is 26.4 Å². The molecule has 2 heterocycles. The molecule has 2 saturated heterocycles. The summed E-state index contributed by atoms with van der Waals surface area (Å²) in [5.74, 6) is 1.94. The average Bonchev–Trinajstić information content (AvgIpc) is 2.64. The van der Waals surface area contributed by atoms with Gasteiger partial charge in [0.1, 0.15) is 11.5 Å². The van der Waals surface area contributed by atoms with Gasteiger partial charge < -0.3 is 14.2 Å². The molecule has 3 nitrogen and oxygen atoms in total. The molecule has 0 spiro atoms. The Morgan fingerprint density at radius 2 is 1.11 bits per heavy atom. The van der Waals surface area contributed by atoms with Crippen molar-refractivity contribution in [2.75, 3.05) is 26.4 Å². The smallest absolute Gasteiger partial charge is 0.130 e. The maximum atomic E-state index is 6.48. The van der Waals surface area contributed by atoms with Crippen LogP contribution in [-0.2, 0) is 22.3 Å². The Morgan fingerprint density at radius 3 is 1.44 bits per heavy atom. The molecule has 2 aromatic rings. The monoisotopic (exact) mass is 366 g/mol. The number of hydrogen-bond acceptors (Lipinski definition) is 3. The highest BCUT2D eigenvalue weighted by molar-refractivity contribution is 5.42. The minimum Gasteiger partial charge on any atom is -0.457 e. The minimum absolute atomic E-state index is 0.272. The van der Waals surface area contributed by atoms with Crippen LogP contribution in [0.5, 0.6) is 11.5 Å². The van der Waals surface area contributed by atoms with Crippen molar-refractivity contribution < 1.29 is 14.2 Å². The highest BCUT2D eigenvalue weighted by Gasteiger charge is 2.38. The lowest BCUT2D eigenvalue weighted by molar-refractivity contribution is -0.114. The van der Waals surface area contributed by atoms with Crippen LogP contribution < -0.4 is 4.74 Å². The number of rotatable bonds is 8. The molecule has 3 heteroatoms. The van der Waals surface area contributed by atoms with Crippen molar-refractivity contribution in [3.05, 3.63) is 59.7 Å². The third kappa shape index (κ3) is 3.76. The summed E-state index contributed by atoms with van der Waals surface area (Å²) < 4.78 is 17.5. The molecule has 0 bridgehead atoms. The Hall–Kier alpha value is -1.84. The first kappa shape index (κ1) is 18.5. The number of hydrogen-bond donors (Lipinski definition) is 0. The van der Waals surface area contributed by atoms with Gasteiger partial charge in [0.05, 0.1) is 26.4 Å². The van der Waals surface area contributed by atoms with E-state index in [1.165, 1.54) is 11.1 Å². The zero-order chi connectivity index (χ0) is 18.7. The third-order valence-electron chi connectivity index (χ3n) is 6.43. The van der Waals surface area contributed by atoms with E-state index in [1.54, 1.807) is 0 Å². The molecule has 0 aliphatic carbocycles.